The van der Waals surface area contributed by atoms with E-state index in [1.807, 2.05) is 93.6 Å². The van der Waals surface area contributed by atoms with E-state index >= 15 is 0 Å². The highest BCUT2D eigenvalue weighted by molar-refractivity contribution is 6.46. The van der Waals surface area contributed by atoms with Gasteiger partial charge in [0.15, 0.2) is 0 Å². The van der Waals surface area contributed by atoms with Crippen LogP contribution in [0.15, 0.2) is 109 Å². The Morgan fingerprint density at radius 1 is 0.395 bits per heavy atom. The second-order valence-corrected chi connectivity index (χ2v) is 11.7. The normalized spacial score (nSPS) is 11.0. The molecule has 7 heteroatoms. The van der Waals surface area contributed by atoms with Crippen LogP contribution in [0.5, 0.6) is 0 Å². The minimum atomic E-state index is -3.74. The first-order valence-corrected chi connectivity index (χ1v) is 15.3. The number of benzene rings is 6. The first-order chi connectivity index (χ1) is 20.8. The SMILES string of the molecule is Cc1cccc2c(C(=O)[O][Al]([O]C(=O)c3cccc4c(C)cccc34)[O]C(=O)c3cccc4c(C)cccc34)cccc12. The Bertz CT molecular complexity index is 1830. The van der Waals surface area contributed by atoms with E-state index in [9.17, 15) is 14.4 Å². The lowest BCUT2D eigenvalue weighted by molar-refractivity contribution is 0.0413. The molecule has 0 saturated heterocycles. The van der Waals surface area contributed by atoms with Crippen molar-refractivity contribution < 1.29 is 25.7 Å². The summed E-state index contributed by atoms with van der Waals surface area (Å²) < 4.78 is 17.3. The fourth-order valence-corrected chi connectivity index (χ4v) is 6.51. The van der Waals surface area contributed by atoms with Crippen LogP contribution in [-0.2, 0) is 11.4 Å². The number of carbonyl (C=O) groups excluding carboxylic acids is 3. The number of fused-ring (bicyclic) bond motifs is 3. The Balaban J connectivity index is 1.36. The third kappa shape index (κ3) is 5.49. The maximum Gasteiger partial charge on any atom is 1.20 e. The van der Waals surface area contributed by atoms with Gasteiger partial charge >= 0.3 is 33.1 Å². The number of hydrogen-bond donors (Lipinski definition) is 0. The summed E-state index contributed by atoms with van der Waals surface area (Å²) in [6.07, 6.45) is 0. The maximum absolute atomic E-state index is 13.6. The fourth-order valence-electron chi connectivity index (χ4n) is 5.46. The summed E-state index contributed by atoms with van der Waals surface area (Å²) in [5, 5.41) is 4.73. The van der Waals surface area contributed by atoms with Crippen molar-refractivity contribution >= 4 is 65.4 Å². The Morgan fingerprint density at radius 2 is 0.651 bits per heavy atom. The fraction of sp³-hybridized carbons (Fsp3) is 0.0833. The molecule has 6 nitrogen and oxygen atoms in total. The highest BCUT2D eigenvalue weighted by Gasteiger charge is 2.50. The number of rotatable bonds is 6. The van der Waals surface area contributed by atoms with E-state index in [2.05, 4.69) is 0 Å². The molecule has 0 saturated carbocycles. The molecule has 0 aromatic heterocycles. The predicted octanol–water partition coefficient (Wildman–Crippen LogP) is 7.93. The molecular weight excluding hydrogens is 555 g/mol. The van der Waals surface area contributed by atoms with E-state index in [1.165, 1.54) is 0 Å². The summed E-state index contributed by atoms with van der Waals surface area (Å²) in [6.45, 7) is 5.86. The molecule has 0 atom stereocenters. The molecule has 6 aromatic rings. The van der Waals surface area contributed by atoms with Crippen molar-refractivity contribution in [3.8, 4) is 0 Å². The van der Waals surface area contributed by atoms with Gasteiger partial charge in [-0.15, -0.1) is 0 Å². The highest BCUT2D eigenvalue weighted by Crippen LogP contribution is 2.26. The Labute approximate surface area is 253 Å². The van der Waals surface area contributed by atoms with Crippen LogP contribution < -0.4 is 0 Å². The van der Waals surface area contributed by atoms with Gasteiger partial charge in [0.05, 0.1) is 16.7 Å². The summed E-state index contributed by atoms with van der Waals surface area (Å²) >= 11 is -3.74. The van der Waals surface area contributed by atoms with Crippen LogP contribution in [0.1, 0.15) is 47.8 Å². The van der Waals surface area contributed by atoms with Gasteiger partial charge in [-0.05, 0) is 88.0 Å². The molecule has 0 unspecified atom stereocenters. The van der Waals surface area contributed by atoms with Crippen LogP contribution in [0, 0.1) is 20.8 Å². The van der Waals surface area contributed by atoms with E-state index < -0.39 is 33.1 Å². The molecule has 210 valence electrons. The Morgan fingerprint density at radius 3 is 0.953 bits per heavy atom. The summed E-state index contributed by atoms with van der Waals surface area (Å²) in [6, 6.07) is 32.9. The van der Waals surface area contributed by atoms with Crippen LogP contribution in [0.3, 0.4) is 0 Å². The van der Waals surface area contributed by atoms with Gasteiger partial charge in [0.25, 0.3) is 0 Å². The molecule has 0 amide bonds. The minimum absolute atomic E-state index is 0.285. The summed E-state index contributed by atoms with van der Waals surface area (Å²) in [5.74, 6) is -2.22. The third-order valence-electron chi connectivity index (χ3n) is 7.69. The van der Waals surface area contributed by atoms with Gasteiger partial charge in [0.1, 0.15) is 0 Å². The van der Waals surface area contributed by atoms with E-state index in [0.29, 0.717) is 16.2 Å². The van der Waals surface area contributed by atoms with Gasteiger partial charge in [-0.25, -0.2) is 14.4 Å². The van der Waals surface area contributed by atoms with Crippen molar-refractivity contribution in [2.24, 2.45) is 0 Å². The van der Waals surface area contributed by atoms with Crippen molar-refractivity contribution in [3.05, 3.63) is 143 Å². The second-order valence-electron chi connectivity index (χ2n) is 10.4. The molecule has 0 aliphatic heterocycles. The van der Waals surface area contributed by atoms with Crippen molar-refractivity contribution in [2.45, 2.75) is 20.8 Å². The second kappa shape index (κ2) is 11.7. The average molecular weight is 583 g/mol. The zero-order valence-corrected chi connectivity index (χ0v) is 25.1. The Hall–Kier alpha value is -4.96. The molecule has 0 fully saturated rings. The summed E-state index contributed by atoms with van der Waals surface area (Å²) in [7, 11) is 0. The first-order valence-electron chi connectivity index (χ1n) is 13.9. The van der Waals surface area contributed by atoms with Gasteiger partial charge in [-0.3, -0.25) is 0 Å². The van der Waals surface area contributed by atoms with E-state index in [-0.39, 0.29) is 16.7 Å². The molecule has 43 heavy (non-hydrogen) atoms. The smallest absolute Gasteiger partial charge is 0.547 e. The van der Waals surface area contributed by atoms with E-state index in [0.717, 1.165) is 32.8 Å². The summed E-state index contributed by atoms with van der Waals surface area (Å²) in [4.78, 5) is 40.7. The first kappa shape index (κ1) is 28.2. The molecule has 0 aliphatic carbocycles. The van der Waals surface area contributed by atoms with Gasteiger partial charge < -0.3 is 11.4 Å². The Kier molecular flexibility index (Phi) is 7.69. The lowest BCUT2D eigenvalue weighted by Crippen LogP contribution is -2.35. The molecule has 0 bridgehead atoms. The van der Waals surface area contributed by atoms with Crippen molar-refractivity contribution in [1.82, 2.24) is 0 Å². The monoisotopic (exact) mass is 582 g/mol. The average Bonchev–Trinajstić information content (AvgIpc) is 3.01. The molecule has 0 aliphatic rings. The van der Waals surface area contributed by atoms with Gasteiger partial charge in [-0.1, -0.05) is 91.0 Å². The van der Waals surface area contributed by atoms with Crippen LogP contribution in [0.25, 0.3) is 32.3 Å². The van der Waals surface area contributed by atoms with Gasteiger partial charge in [0.2, 0.25) is 0 Å². The van der Waals surface area contributed by atoms with Crippen LogP contribution in [0.4, 0.5) is 0 Å². The molecule has 6 rings (SSSR count). The van der Waals surface area contributed by atoms with Crippen molar-refractivity contribution in [2.75, 3.05) is 0 Å². The molecular formula is C36H27AlO6. The maximum atomic E-state index is 13.6. The third-order valence-corrected chi connectivity index (χ3v) is 8.91. The number of aryl methyl sites for hydroxylation is 3. The van der Waals surface area contributed by atoms with E-state index in [1.54, 1.807) is 36.4 Å². The largest absolute Gasteiger partial charge is 1.20 e. The molecule has 6 aromatic carbocycles. The molecule has 0 radical (unpaired) electrons. The lowest BCUT2D eigenvalue weighted by atomic mass is 10.0. The van der Waals surface area contributed by atoms with E-state index in [4.69, 9.17) is 11.4 Å². The quantitative estimate of drug-likeness (QED) is 0.186. The van der Waals surface area contributed by atoms with Gasteiger partial charge in [-0.2, -0.15) is 0 Å². The topological polar surface area (TPSA) is 78.9 Å². The van der Waals surface area contributed by atoms with Crippen LogP contribution >= 0.6 is 0 Å². The zero-order chi connectivity index (χ0) is 30.1. The van der Waals surface area contributed by atoms with Crippen LogP contribution in [0.2, 0.25) is 0 Å². The number of hydrogen-bond acceptors (Lipinski definition) is 6. The molecule has 0 N–H and O–H groups in total. The summed E-state index contributed by atoms with van der Waals surface area (Å²) in [5.41, 5.74) is 3.84. The number of carbonyl (C=O) groups is 3. The molecule has 0 spiro atoms. The minimum Gasteiger partial charge on any atom is -0.547 e. The van der Waals surface area contributed by atoms with Crippen molar-refractivity contribution in [1.29, 1.82) is 0 Å². The zero-order valence-electron chi connectivity index (χ0n) is 23.9. The lowest BCUT2D eigenvalue weighted by Gasteiger charge is -2.16. The predicted molar refractivity (Wildman–Crippen MR) is 168 cm³/mol. The van der Waals surface area contributed by atoms with Crippen molar-refractivity contribution in [3.63, 3.8) is 0 Å². The molecule has 0 heterocycles. The standard InChI is InChI=1S/3C12H10O2.Al/c3*1-8-4-2-6-10-9(8)5-3-7-11(10)12(13)14;/h3*2-7H,1H3,(H,13,14);/q;;;+3/p-3. The highest BCUT2D eigenvalue weighted by atomic mass is 27.3. The van der Waals surface area contributed by atoms with Crippen LogP contribution in [-0.4, -0.2) is 33.1 Å². The van der Waals surface area contributed by atoms with Gasteiger partial charge in [0, 0.05) is 0 Å².